The smallest absolute Gasteiger partial charge is 0.258 e. The van der Waals surface area contributed by atoms with Gasteiger partial charge in [-0.25, -0.2) is 0 Å². The Balaban J connectivity index is 3.30. The van der Waals surface area contributed by atoms with Crippen LogP contribution in [0, 0.1) is 32.8 Å². The van der Waals surface area contributed by atoms with E-state index in [9.17, 15) is 10.1 Å². The van der Waals surface area contributed by atoms with Crippen molar-refractivity contribution >= 4 is 23.4 Å². The van der Waals surface area contributed by atoms with Gasteiger partial charge >= 0.3 is 0 Å². The summed E-state index contributed by atoms with van der Waals surface area (Å²) in [5.74, 6) is 0. The van der Waals surface area contributed by atoms with Gasteiger partial charge in [-0.05, 0) is 12.1 Å². The summed E-state index contributed by atoms with van der Waals surface area (Å²) in [5, 5.41) is 27.8. The molecular weight excluding hydrogens is 230 g/mol. The Kier molecular flexibility index (Phi) is 3.60. The summed E-state index contributed by atoms with van der Waals surface area (Å²) in [6.45, 7) is 0. The minimum absolute atomic E-state index is 0.147. The van der Waals surface area contributed by atoms with Gasteiger partial charge in [0.25, 0.3) is 5.69 Å². The number of nitro groups is 1. The van der Waals surface area contributed by atoms with E-state index in [-0.39, 0.29) is 21.8 Å². The largest absolute Gasteiger partial charge is 0.270 e. The highest BCUT2D eigenvalue weighted by Crippen LogP contribution is 2.23. The number of non-ortho nitro benzene ring substituents is 1. The monoisotopic (exact) mass is 233 g/mol. The fraction of sp³-hybridized carbons (Fsp3) is 0. The summed E-state index contributed by atoms with van der Waals surface area (Å²) < 4.78 is 0. The van der Waals surface area contributed by atoms with Gasteiger partial charge in [-0.1, -0.05) is 11.6 Å². The zero-order valence-electron chi connectivity index (χ0n) is 7.85. The molecule has 0 saturated carbocycles. The lowest BCUT2D eigenvalue weighted by Crippen LogP contribution is -1.88. The van der Waals surface area contributed by atoms with Crippen LogP contribution in [0.25, 0.3) is 6.08 Å². The Bertz CT molecular complexity index is 536. The molecule has 0 heterocycles. The molecular formula is C10H4ClN3O2. The van der Waals surface area contributed by atoms with Crippen LogP contribution in [0.5, 0.6) is 0 Å². The number of hydrogen-bond donors (Lipinski definition) is 0. The fourth-order valence-electron chi connectivity index (χ4n) is 1.00. The maximum atomic E-state index is 10.5. The molecule has 0 atom stereocenters. The van der Waals surface area contributed by atoms with Crippen molar-refractivity contribution in [1.82, 2.24) is 0 Å². The van der Waals surface area contributed by atoms with Crippen molar-refractivity contribution in [2.75, 3.05) is 0 Å². The molecule has 0 aliphatic rings. The summed E-state index contributed by atoms with van der Waals surface area (Å²) >= 11 is 5.77. The molecule has 0 unspecified atom stereocenters. The molecule has 0 aromatic heterocycles. The van der Waals surface area contributed by atoms with Crippen LogP contribution in [0.15, 0.2) is 23.8 Å². The Morgan fingerprint density at radius 1 is 1.44 bits per heavy atom. The molecule has 16 heavy (non-hydrogen) atoms. The molecule has 0 N–H and O–H groups in total. The van der Waals surface area contributed by atoms with Gasteiger partial charge in [0.15, 0.2) is 0 Å². The molecule has 0 fully saturated rings. The average molecular weight is 234 g/mol. The molecule has 0 radical (unpaired) electrons. The first-order chi connectivity index (χ1) is 7.58. The van der Waals surface area contributed by atoms with E-state index in [4.69, 9.17) is 22.1 Å². The SMILES string of the molecule is N#CC(C#N)=Cc1cc([N+](=O)[O-])ccc1Cl. The van der Waals surface area contributed by atoms with Crippen LogP contribution in [0.2, 0.25) is 5.02 Å². The molecule has 1 aromatic rings. The van der Waals surface area contributed by atoms with E-state index in [1.165, 1.54) is 24.3 Å². The molecule has 6 heteroatoms. The lowest BCUT2D eigenvalue weighted by atomic mass is 10.1. The van der Waals surface area contributed by atoms with Crippen molar-refractivity contribution in [1.29, 1.82) is 10.5 Å². The third-order valence-electron chi connectivity index (χ3n) is 1.73. The van der Waals surface area contributed by atoms with Gasteiger partial charge in [0, 0.05) is 22.7 Å². The highest BCUT2D eigenvalue weighted by molar-refractivity contribution is 6.32. The summed E-state index contributed by atoms with van der Waals surface area (Å²) in [6.07, 6.45) is 1.20. The van der Waals surface area contributed by atoms with Crippen LogP contribution >= 0.6 is 11.6 Å². The summed E-state index contributed by atoms with van der Waals surface area (Å²) in [5.41, 5.74) is -0.0396. The first kappa shape index (κ1) is 11.7. The maximum Gasteiger partial charge on any atom is 0.270 e. The van der Waals surface area contributed by atoms with Crippen LogP contribution in [0.4, 0.5) is 5.69 Å². The lowest BCUT2D eigenvalue weighted by Gasteiger charge is -1.97. The van der Waals surface area contributed by atoms with Crippen molar-refractivity contribution < 1.29 is 4.92 Å². The van der Waals surface area contributed by atoms with Crippen LogP contribution in [0.1, 0.15) is 5.56 Å². The molecule has 0 amide bonds. The quantitative estimate of drug-likeness (QED) is 0.446. The van der Waals surface area contributed by atoms with E-state index in [1.54, 1.807) is 12.1 Å². The second kappa shape index (κ2) is 4.92. The molecule has 5 nitrogen and oxygen atoms in total. The Morgan fingerprint density at radius 3 is 2.56 bits per heavy atom. The summed E-state index contributed by atoms with van der Waals surface area (Å²) in [4.78, 5) is 9.92. The zero-order chi connectivity index (χ0) is 12.1. The zero-order valence-corrected chi connectivity index (χ0v) is 8.60. The van der Waals surface area contributed by atoms with E-state index in [0.717, 1.165) is 0 Å². The highest BCUT2D eigenvalue weighted by atomic mass is 35.5. The fourth-order valence-corrected chi connectivity index (χ4v) is 1.17. The number of nitriles is 2. The Hall–Kier alpha value is -2.37. The van der Waals surface area contributed by atoms with E-state index in [2.05, 4.69) is 0 Å². The second-order valence-electron chi connectivity index (χ2n) is 2.74. The Labute approximate surface area is 95.9 Å². The first-order valence-electron chi connectivity index (χ1n) is 4.04. The van der Waals surface area contributed by atoms with Crippen molar-refractivity contribution in [2.45, 2.75) is 0 Å². The standard InChI is InChI=1S/C10H4ClN3O2/c11-10-2-1-9(14(15)16)4-8(10)3-7(5-12)6-13/h1-4H. The van der Waals surface area contributed by atoms with E-state index >= 15 is 0 Å². The van der Waals surface area contributed by atoms with Gasteiger partial charge in [0.2, 0.25) is 0 Å². The molecule has 0 spiro atoms. The lowest BCUT2D eigenvalue weighted by molar-refractivity contribution is -0.384. The predicted molar refractivity (Wildman–Crippen MR) is 57.3 cm³/mol. The highest BCUT2D eigenvalue weighted by Gasteiger charge is 2.08. The van der Waals surface area contributed by atoms with Gasteiger partial charge in [-0.15, -0.1) is 0 Å². The molecule has 0 saturated heterocycles. The van der Waals surface area contributed by atoms with Crippen molar-refractivity contribution in [3.63, 3.8) is 0 Å². The minimum atomic E-state index is -0.577. The van der Waals surface area contributed by atoms with E-state index < -0.39 is 4.92 Å². The van der Waals surface area contributed by atoms with E-state index in [1.807, 2.05) is 0 Å². The van der Waals surface area contributed by atoms with Crippen molar-refractivity contribution in [3.8, 4) is 12.1 Å². The van der Waals surface area contributed by atoms with Gasteiger partial charge in [0.1, 0.15) is 17.7 Å². The molecule has 1 rings (SSSR count). The topological polar surface area (TPSA) is 90.7 Å². The minimum Gasteiger partial charge on any atom is -0.258 e. The molecule has 0 aliphatic carbocycles. The van der Waals surface area contributed by atoms with Crippen molar-refractivity contribution in [3.05, 3.63) is 44.5 Å². The van der Waals surface area contributed by atoms with Crippen LogP contribution < -0.4 is 0 Å². The average Bonchev–Trinajstić information content (AvgIpc) is 2.27. The normalized spacial score (nSPS) is 8.69. The number of nitro benzene ring substituents is 1. The predicted octanol–water partition coefficient (Wildman–Crippen LogP) is 2.68. The summed E-state index contributed by atoms with van der Waals surface area (Å²) in [7, 11) is 0. The Morgan fingerprint density at radius 2 is 2.06 bits per heavy atom. The number of benzene rings is 1. The van der Waals surface area contributed by atoms with Crippen molar-refractivity contribution in [2.24, 2.45) is 0 Å². The van der Waals surface area contributed by atoms with Gasteiger partial charge < -0.3 is 0 Å². The van der Waals surface area contributed by atoms with Crippen LogP contribution in [-0.4, -0.2) is 4.92 Å². The van der Waals surface area contributed by atoms with Gasteiger partial charge in [-0.3, -0.25) is 10.1 Å². The number of hydrogen-bond acceptors (Lipinski definition) is 4. The maximum absolute atomic E-state index is 10.5. The first-order valence-corrected chi connectivity index (χ1v) is 4.42. The second-order valence-corrected chi connectivity index (χ2v) is 3.15. The van der Waals surface area contributed by atoms with Gasteiger partial charge in [0.05, 0.1) is 4.92 Å². The number of nitrogens with zero attached hydrogens (tertiary/aromatic N) is 3. The van der Waals surface area contributed by atoms with E-state index in [0.29, 0.717) is 0 Å². The van der Waals surface area contributed by atoms with Crippen LogP contribution in [-0.2, 0) is 0 Å². The molecule has 78 valence electrons. The number of allylic oxidation sites excluding steroid dienone is 1. The van der Waals surface area contributed by atoms with Gasteiger partial charge in [-0.2, -0.15) is 10.5 Å². The summed E-state index contributed by atoms with van der Waals surface area (Å²) in [6, 6.07) is 7.09. The van der Waals surface area contributed by atoms with Crippen LogP contribution in [0.3, 0.4) is 0 Å². The molecule has 0 aliphatic heterocycles. The molecule has 1 aromatic carbocycles. The third kappa shape index (κ3) is 2.57. The number of halogens is 1. The molecule has 0 bridgehead atoms. The number of rotatable bonds is 2. The third-order valence-corrected chi connectivity index (χ3v) is 2.08.